The van der Waals surface area contributed by atoms with Crippen LogP contribution >= 0.6 is 0 Å². The monoisotopic (exact) mass is 212 g/mol. The maximum absolute atomic E-state index is 4.48. The molecule has 1 aromatic carbocycles. The van der Waals surface area contributed by atoms with Crippen LogP contribution in [0.15, 0.2) is 36.5 Å². The molecule has 16 heavy (non-hydrogen) atoms. The van der Waals surface area contributed by atoms with Crippen molar-refractivity contribution in [1.82, 2.24) is 19.7 Å². The van der Waals surface area contributed by atoms with Gasteiger partial charge in [0, 0.05) is 6.20 Å². The lowest BCUT2D eigenvalue weighted by Crippen LogP contribution is -1.97. The van der Waals surface area contributed by atoms with Gasteiger partial charge < -0.3 is 4.98 Å². The van der Waals surface area contributed by atoms with Crippen LogP contribution < -0.4 is 0 Å². The Hall–Kier alpha value is -2.10. The normalized spacial score (nSPS) is 11.1. The summed E-state index contributed by atoms with van der Waals surface area (Å²) in [4.78, 5) is 7.71. The number of nitrogens with one attached hydrogen (secondary N) is 1. The molecule has 0 saturated carbocycles. The summed E-state index contributed by atoms with van der Waals surface area (Å²) in [7, 11) is 0. The highest BCUT2D eigenvalue weighted by Gasteiger charge is 2.04. The topological polar surface area (TPSA) is 46.5 Å². The number of nitrogens with zero attached hydrogens (tertiary/aromatic N) is 3. The largest absolute Gasteiger partial charge is 0.322 e. The average Bonchev–Trinajstić information content (AvgIpc) is 2.95. The highest BCUT2D eigenvalue weighted by Crippen LogP contribution is 2.12. The van der Waals surface area contributed by atoms with Gasteiger partial charge in [0.2, 0.25) is 5.95 Å². The van der Waals surface area contributed by atoms with Crippen LogP contribution in [0.4, 0.5) is 0 Å². The highest BCUT2D eigenvalue weighted by molar-refractivity contribution is 5.75. The van der Waals surface area contributed by atoms with Gasteiger partial charge in [-0.1, -0.05) is 19.1 Å². The average molecular weight is 212 g/mol. The predicted molar refractivity (Wildman–Crippen MR) is 62.6 cm³/mol. The maximum Gasteiger partial charge on any atom is 0.229 e. The van der Waals surface area contributed by atoms with Gasteiger partial charge in [-0.15, -0.1) is 0 Å². The van der Waals surface area contributed by atoms with Crippen molar-refractivity contribution in [2.24, 2.45) is 0 Å². The van der Waals surface area contributed by atoms with E-state index in [1.54, 1.807) is 4.68 Å². The van der Waals surface area contributed by atoms with Crippen molar-refractivity contribution in [2.75, 3.05) is 0 Å². The van der Waals surface area contributed by atoms with Crippen LogP contribution in [0.3, 0.4) is 0 Å². The van der Waals surface area contributed by atoms with E-state index in [2.05, 4.69) is 22.0 Å². The summed E-state index contributed by atoms with van der Waals surface area (Å²) in [5.74, 6) is 0.765. The first-order valence-corrected chi connectivity index (χ1v) is 5.36. The third-order valence-corrected chi connectivity index (χ3v) is 2.60. The van der Waals surface area contributed by atoms with Crippen LogP contribution in [-0.4, -0.2) is 19.7 Å². The van der Waals surface area contributed by atoms with E-state index in [0.717, 1.165) is 29.1 Å². The molecule has 3 rings (SSSR count). The van der Waals surface area contributed by atoms with Crippen LogP contribution in [0.25, 0.3) is 17.0 Å². The van der Waals surface area contributed by atoms with Crippen molar-refractivity contribution in [3.8, 4) is 5.95 Å². The number of benzene rings is 1. The first-order chi connectivity index (χ1) is 7.86. The van der Waals surface area contributed by atoms with E-state index in [-0.39, 0.29) is 0 Å². The first-order valence-electron chi connectivity index (χ1n) is 5.36. The number of aryl methyl sites for hydroxylation is 1. The first kappa shape index (κ1) is 9.15. The molecule has 0 aliphatic carbocycles. The van der Waals surface area contributed by atoms with E-state index in [0.29, 0.717) is 0 Å². The van der Waals surface area contributed by atoms with E-state index in [1.807, 2.05) is 36.5 Å². The van der Waals surface area contributed by atoms with Crippen molar-refractivity contribution in [2.45, 2.75) is 13.3 Å². The summed E-state index contributed by atoms with van der Waals surface area (Å²) in [6, 6.07) is 9.97. The maximum atomic E-state index is 4.48. The van der Waals surface area contributed by atoms with E-state index in [1.165, 1.54) is 0 Å². The Balaban J connectivity index is 2.11. The molecule has 80 valence electrons. The fourth-order valence-electron chi connectivity index (χ4n) is 1.72. The molecule has 0 spiro atoms. The molecule has 0 saturated heterocycles. The molecule has 0 aliphatic heterocycles. The number of H-pyrrole nitrogens is 1. The van der Waals surface area contributed by atoms with Crippen molar-refractivity contribution in [1.29, 1.82) is 0 Å². The lowest BCUT2D eigenvalue weighted by atomic mass is 10.3. The van der Waals surface area contributed by atoms with E-state index < -0.39 is 0 Å². The lowest BCUT2D eigenvalue weighted by Gasteiger charge is -1.93. The minimum Gasteiger partial charge on any atom is -0.322 e. The second-order valence-corrected chi connectivity index (χ2v) is 3.68. The molecule has 3 aromatic rings. The highest BCUT2D eigenvalue weighted by atomic mass is 15.3. The van der Waals surface area contributed by atoms with Crippen LogP contribution in [0.1, 0.15) is 12.6 Å². The molecule has 0 radical (unpaired) electrons. The van der Waals surface area contributed by atoms with Crippen LogP contribution in [-0.2, 0) is 6.42 Å². The van der Waals surface area contributed by atoms with Crippen LogP contribution in [0, 0.1) is 0 Å². The van der Waals surface area contributed by atoms with Crippen molar-refractivity contribution >= 4 is 11.0 Å². The quantitative estimate of drug-likeness (QED) is 0.708. The minimum absolute atomic E-state index is 0.765. The number of aromatic amines is 1. The third kappa shape index (κ3) is 1.39. The Morgan fingerprint density at radius 3 is 2.88 bits per heavy atom. The number of rotatable bonds is 2. The fraction of sp³-hybridized carbons (Fsp3) is 0.167. The van der Waals surface area contributed by atoms with Crippen LogP contribution in [0.2, 0.25) is 0 Å². The van der Waals surface area contributed by atoms with Gasteiger partial charge >= 0.3 is 0 Å². The molecule has 0 aliphatic rings. The Bertz CT molecular complexity index is 588. The predicted octanol–water partition coefficient (Wildman–Crippen LogP) is 2.31. The Kier molecular flexibility index (Phi) is 1.99. The zero-order chi connectivity index (χ0) is 11.0. The second-order valence-electron chi connectivity index (χ2n) is 3.68. The van der Waals surface area contributed by atoms with E-state index in [4.69, 9.17) is 0 Å². The summed E-state index contributed by atoms with van der Waals surface area (Å²) in [5.41, 5.74) is 3.07. The summed E-state index contributed by atoms with van der Waals surface area (Å²) in [6.45, 7) is 2.09. The van der Waals surface area contributed by atoms with Gasteiger partial charge in [-0.2, -0.15) is 5.10 Å². The van der Waals surface area contributed by atoms with E-state index >= 15 is 0 Å². The number of aromatic nitrogens is 4. The molecular formula is C12H12N4. The van der Waals surface area contributed by atoms with Crippen molar-refractivity contribution in [3.63, 3.8) is 0 Å². The van der Waals surface area contributed by atoms with Gasteiger partial charge in [0.25, 0.3) is 0 Å². The van der Waals surface area contributed by atoms with Crippen molar-refractivity contribution < 1.29 is 0 Å². The van der Waals surface area contributed by atoms with Gasteiger partial charge in [0.05, 0.1) is 16.7 Å². The van der Waals surface area contributed by atoms with Gasteiger partial charge in [0.1, 0.15) is 0 Å². The van der Waals surface area contributed by atoms with Gasteiger partial charge in [-0.25, -0.2) is 9.67 Å². The molecule has 0 unspecified atom stereocenters. The Labute approximate surface area is 92.9 Å². The molecule has 0 bridgehead atoms. The summed E-state index contributed by atoms with van der Waals surface area (Å²) in [5, 5.41) is 4.42. The molecule has 2 aromatic heterocycles. The number of hydrogen-bond donors (Lipinski definition) is 1. The number of hydrogen-bond acceptors (Lipinski definition) is 2. The number of para-hydroxylation sites is 2. The van der Waals surface area contributed by atoms with Gasteiger partial charge in [-0.3, -0.25) is 0 Å². The molecule has 0 fully saturated rings. The Morgan fingerprint density at radius 1 is 1.25 bits per heavy atom. The summed E-state index contributed by atoms with van der Waals surface area (Å²) >= 11 is 0. The standard InChI is InChI=1S/C12H12N4/c1-2-9-7-8-16(15-9)12-13-10-5-3-4-6-11(10)14-12/h3-8H,2H2,1H3,(H,13,14). The lowest BCUT2D eigenvalue weighted by molar-refractivity contribution is 0.801. The molecule has 0 atom stereocenters. The molecule has 4 nitrogen and oxygen atoms in total. The zero-order valence-corrected chi connectivity index (χ0v) is 9.01. The molecular weight excluding hydrogens is 200 g/mol. The van der Waals surface area contributed by atoms with Gasteiger partial charge in [-0.05, 0) is 24.6 Å². The second kappa shape index (κ2) is 3.48. The zero-order valence-electron chi connectivity index (χ0n) is 9.01. The fourth-order valence-corrected chi connectivity index (χ4v) is 1.72. The number of fused-ring (bicyclic) bond motifs is 1. The van der Waals surface area contributed by atoms with Crippen molar-refractivity contribution in [3.05, 3.63) is 42.2 Å². The molecule has 1 N–H and O–H groups in total. The minimum atomic E-state index is 0.765. The molecule has 0 amide bonds. The smallest absolute Gasteiger partial charge is 0.229 e. The van der Waals surface area contributed by atoms with Crippen LogP contribution in [0.5, 0.6) is 0 Å². The third-order valence-electron chi connectivity index (χ3n) is 2.60. The Morgan fingerprint density at radius 2 is 2.12 bits per heavy atom. The molecule has 2 heterocycles. The molecule has 4 heteroatoms. The summed E-state index contributed by atoms with van der Waals surface area (Å²) in [6.07, 6.45) is 2.86. The van der Waals surface area contributed by atoms with Gasteiger partial charge in [0.15, 0.2) is 0 Å². The van der Waals surface area contributed by atoms with E-state index in [9.17, 15) is 0 Å². The summed E-state index contributed by atoms with van der Waals surface area (Å²) < 4.78 is 1.78. The number of imidazole rings is 1. The SMILES string of the molecule is CCc1ccn(-c2nc3ccccc3[nH]2)n1.